The first-order chi connectivity index (χ1) is 14.1. The van der Waals surface area contributed by atoms with Crippen molar-refractivity contribution in [1.82, 2.24) is 4.90 Å². The molecule has 8 atom stereocenters. The first-order valence-electron chi connectivity index (χ1n) is 10.9. The van der Waals surface area contributed by atoms with Crippen LogP contribution in [0.4, 0.5) is 13.6 Å². The summed E-state index contributed by atoms with van der Waals surface area (Å²) in [5.41, 5.74) is 0.569. The van der Waals surface area contributed by atoms with Gasteiger partial charge in [-0.2, -0.15) is 0 Å². The topological polar surface area (TPSA) is 63.8 Å². The van der Waals surface area contributed by atoms with Crippen molar-refractivity contribution in [3.8, 4) is 0 Å². The van der Waals surface area contributed by atoms with Crippen LogP contribution in [0, 0.1) is 17.8 Å². The summed E-state index contributed by atoms with van der Waals surface area (Å²) in [6.07, 6.45) is 3.18. The van der Waals surface area contributed by atoms with E-state index in [4.69, 9.17) is 18.9 Å². The van der Waals surface area contributed by atoms with Gasteiger partial charge in [0, 0.05) is 20.2 Å². The second-order valence-electron chi connectivity index (χ2n) is 10.1. The van der Waals surface area contributed by atoms with Crippen LogP contribution in [0.2, 0.25) is 0 Å². The molecular weight excluding hydrogens is 396 g/mol. The smallest absolute Gasteiger partial charge is 0.410 e. The van der Waals surface area contributed by atoms with E-state index in [-0.39, 0.29) is 36.8 Å². The molecule has 8 heteroatoms. The van der Waals surface area contributed by atoms with Crippen LogP contribution in [-0.4, -0.2) is 73.2 Å². The van der Waals surface area contributed by atoms with Gasteiger partial charge in [-0.3, -0.25) is 0 Å². The molecule has 5 rings (SSSR count). The van der Waals surface area contributed by atoms with Crippen molar-refractivity contribution >= 4 is 6.09 Å². The zero-order valence-corrected chi connectivity index (χ0v) is 18.0. The number of epoxide rings is 2. The molecular formula is C22H31F2NO5. The van der Waals surface area contributed by atoms with Gasteiger partial charge in [0.15, 0.2) is 0 Å². The normalized spacial score (nSPS) is 47.6. The Morgan fingerprint density at radius 1 is 1.27 bits per heavy atom. The average Bonchev–Trinajstić information content (AvgIpc) is 3.61. The maximum Gasteiger partial charge on any atom is 0.410 e. The molecule has 3 saturated heterocycles. The molecule has 3 heterocycles. The number of fused-ring (bicyclic) bond motifs is 1. The highest BCUT2D eigenvalue weighted by atomic mass is 19.3. The first kappa shape index (κ1) is 20.6. The third kappa shape index (κ3) is 3.09. The van der Waals surface area contributed by atoms with E-state index in [2.05, 4.69) is 26.8 Å². The molecule has 5 aliphatic rings. The molecule has 0 radical (unpaired) electrons. The van der Waals surface area contributed by atoms with Crippen LogP contribution in [0.1, 0.15) is 40.0 Å². The number of carbonyl (C=O) groups excluding carboxylic acids is 1. The van der Waals surface area contributed by atoms with Crippen molar-refractivity contribution in [2.24, 2.45) is 17.8 Å². The SMILES string of the molecule is COC1C(OC(=O)N2CC3[C@@H](C2)C3(F)F)CCC2(CO2)C1[C@@]1(C)O[C@@H]1CC=C(C)C. The highest BCUT2D eigenvalue weighted by Gasteiger charge is 2.74. The van der Waals surface area contributed by atoms with Crippen molar-refractivity contribution in [2.45, 2.75) is 75.5 Å². The molecule has 5 unspecified atom stereocenters. The minimum absolute atomic E-state index is 0.0478. The van der Waals surface area contributed by atoms with Gasteiger partial charge in [-0.1, -0.05) is 11.6 Å². The molecule has 0 bridgehead atoms. The highest BCUT2D eigenvalue weighted by Crippen LogP contribution is 2.61. The van der Waals surface area contributed by atoms with Crippen molar-refractivity contribution < 1.29 is 32.5 Å². The van der Waals surface area contributed by atoms with Crippen LogP contribution < -0.4 is 0 Å². The Kier molecular flexibility index (Phi) is 4.56. The number of carbonyl (C=O) groups is 1. The molecule has 168 valence electrons. The van der Waals surface area contributed by atoms with Crippen LogP contribution in [0.15, 0.2) is 11.6 Å². The van der Waals surface area contributed by atoms with Crippen LogP contribution in [0.3, 0.4) is 0 Å². The second-order valence-corrected chi connectivity index (χ2v) is 10.1. The van der Waals surface area contributed by atoms with Gasteiger partial charge in [0.1, 0.15) is 23.4 Å². The molecule has 30 heavy (non-hydrogen) atoms. The quantitative estimate of drug-likeness (QED) is 0.497. The number of piperidine rings is 1. The van der Waals surface area contributed by atoms with E-state index in [0.717, 1.165) is 12.8 Å². The largest absolute Gasteiger partial charge is 0.443 e. The van der Waals surface area contributed by atoms with Gasteiger partial charge in [-0.05, 0) is 40.0 Å². The summed E-state index contributed by atoms with van der Waals surface area (Å²) in [4.78, 5) is 14.1. The molecule has 2 aliphatic carbocycles. The number of methoxy groups -OCH3 is 1. The summed E-state index contributed by atoms with van der Waals surface area (Å²) in [6.45, 7) is 7.04. The molecule has 3 aliphatic heterocycles. The van der Waals surface area contributed by atoms with E-state index in [0.29, 0.717) is 13.0 Å². The molecule has 5 fully saturated rings. The average molecular weight is 427 g/mol. The summed E-state index contributed by atoms with van der Waals surface area (Å²) in [7, 11) is 1.63. The Hall–Kier alpha value is -1.25. The van der Waals surface area contributed by atoms with Crippen LogP contribution in [0.5, 0.6) is 0 Å². The van der Waals surface area contributed by atoms with Gasteiger partial charge in [-0.25, -0.2) is 13.6 Å². The maximum absolute atomic E-state index is 13.5. The lowest BCUT2D eigenvalue weighted by Crippen LogP contribution is -2.56. The van der Waals surface area contributed by atoms with Gasteiger partial charge in [0.2, 0.25) is 0 Å². The number of hydrogen-bond acceptors (Lipinski definition) is 5. The minimum Gasteiger partial charge on any atom is -0.443 e. The number of halogens is 2. The summed E-state index contributed by atoms with van der Waals surface area (Å²) < 4.78 is 50.7. The third-order valence-corrected chi connectivity index (χ3v) is 7.95. The second kappa shape index (κ2) is 6.62. The first-order valence-corrected chi connectivity index (χ1v) is 10.9. The number of nitrogens with zero attached hydrogens (tertiary/aromatic N) is 1. The molecule has 1 spiro atoms. The van der Waals surface area contributed by atoms with Gasteiger partial charge >= 0.3 is 6.09 Å². The standard InChI is InChI=1S/C22H31F2NO5/c1-12(2)5-6-16-20(3,30-16)18-17(27-4)15(7-8-21(18)11-28-21)29-19(26)25-9-13-14(10-25)22(13,23)24/h5,13-18H,6-11H2,1-4H3/t13-,14?,15?,16-,17?,18?,20+,21?/m1/s1. The number of likely N-dealkylation sites (tertiary alicyclic amines) is 1. The lowest BCUT2D eigenvalue weighted by atomic mass is 9.68. The van der Waals surface area contributed by atoms with E-state index in [9.17, 15) is 13.6 Å². The highest BCUT2D eigenvalue weighted by molar-refractivity contribution is 5.69. The van der Waals surface area contributed by atoms with E-state index < -0.39 is 35.6 Å². The zero-order valence-electron chi connectivity index (χ0n) is 18.0. The number of amides is 1. The van der Waals surface area contributed by atoms with Crippen molar-refractivity contribution in [3.63, 3.8) is 0 Å². The molecule has 0 aromatic rings. The third-order valence-electron chi connectivity index (χ3n) is 7.95. The molecule has 0 aromatic carbocycles. The summed E-state index contributed by atoms with van der Waals surface area (Å²) in [6, 6.07) is 0. The summed E-state index contributed by atoms with van der Waals surface area (Å²) >= 11 is 0. The number of hydrogen-bond donors (Lipinski definition) is 0. The van der Waals surface area contributed by atoms with Crippen molar-refractivity contribution in [2.75, 3.05) is 26.8 Å². The fraction of sp³-hybridized carbons (Fsp3) is 0.864. The molecule has 6 nitrogen and oxygen atoms in total. The Morgan fingerprint density at radius 3 is 2.50 bits per heavy atom. The zero-order chi connectivity index (χ0) is 21.5. The lowest BCUT2D eigenvalue weighted by Gasteiger charge is -2.43. The van der Waals surface area contributed by atoms with E-state index >= 15 is 0 Å². The van der Waals surface area contributed by atoms with Crippen LogP contribution in [-0.2, 0) is 18.9 Å². The van der Waals surface area contributed by atoms with Gasteiger partial charge in [0.05, 0.1) is 30.5 Å². The van der Waals surface area contributed by atoms with Crippen molar-refractivity contribution in [3.05, 3.63) is 11.6 Å². The molecule has 2 saturated carbocycles. The molecule has 0 aromatic heterocycles. The molecule has 0 N–H and O–H groups in total. The van der Waals surface area contributed by atoms with Crippen LogP contribution >= 0.6 is 0 Å². The Labute approximate surface area is 175 Å². The lowest BCUT2D eigenvalue weighted by molar-refractivity contribution is -0.122. The summed E-state index contributed by atoms with van der Waals surface area (Å²) in [5, 5.41) is 0. The number of ether oxygens (including phenoxy) is 4. The van der Waals surface area contributed by atoms with Gasteiger partial charge in [-0.15, -0.1) is 0 Å². The van der Waals surface area contributed by atoms with E-state index in [1.165, 1.54) is 10.5 Å². The number of rotatable bonds is 5. The minimum atomic E-state index is -2.62. The monoisotopic (exact) mass is 427 g/mol. The summed E-state index contributed by atoms with van der Waals surface area (Å²) in [5.74, 6) is -4.08. The van der Waals surface area contributed by atoms with Gasteiger partial charge < -0.3 is 23.8 Å². The Morgan fingerprint density at radius 2 is 1.93 bits per heavy atom. The van der Waals surface area contributed by atoms with Crippen LogP contribution in [0.25, 0.3) is 0 Å². The van der Waals surface area contributed by atoms with E-state index in [1.54, 1.807) is 7.11 Å². The Bertz CT molecular complexity index is 751. The van der Waals surface area contributed by atoms with Crippen molar-refractivity contribution in [1.29, 1.82) is 0 Å². The number of alkyl halides is 2. The maximum atomic E-state index is 13.5. The fourth-order valence-electron chi connectivity index (χ4n) is 5.93. The fourth-order valence-corrected chi connectivity index (χ4v) is 5.93. The predicted octanol–water partition coefficient (Wildman–Crippen LogP) is 3.40. The Balaban J connectivity index is 1.27. The van der Waals surface area contributed by atoms with E-state index in [1.807, 2.05) is 0 Å². The molecule has 1 amide bonds. The number of allylic oxidation sites excluding steroid dienone is 1. The predicted molar refractivity (Wildman–Crippen MR) is 103 cm³/mol. The van der Waals surface area contributed by atoms with Gasteiger partial charge in [0.25, 0.3) is 5.92 Å².